The van der Waals surface area contributed by atoms with Gasteiger partial charge in [-0.3, -0.25) is 4.79 Å². The van der Waals surface area contributed by atoms with E-state index in [9.17, 15) is 14.7 Å². The lowest BCUT2D eigenvalue weighted by Crippen LogP contribution is -2.51. The molecule has 1 fully saturated rings. The van der Waals surface area contributed by atoms with Gasteiger partial charge >= 0.3 is 12.0 Å². The third-order valence-corrected chi connectivity index (χ3v) is 3.69. The highest BCUT2D eigenvalue weighted by Crippen LogP contribution is 2.34. The number of urea groups is 1. The summed E-state index contributed by atoms with van der Waals surface area (Å²) in [6.07, 6.45) is 1.73. The molecule has 1 saturated heterocycles. The Kier molecular flexibility index (Phi) is 4.59. The van der Waals surface area contributed by atoms with E-state index < -0.39 is 11.4 Å². The van der Waals surface area contributed by atoms with Gasteiger partial charge in [0.25, 0.3) is 0 Å². The van der Waals surface area contributed by atoms with Crippen LogP contribution in [0.2, 0.25) is 0 Å². The van der Waals surface area contributed by atoms with Crippen LogP contribution in [0, 0.1) is 11.3 Å². The Morgan fingerprint density at radius 3 is 2.50 bits per heavy atom. The molecule has 5 heteroatoms. The molecule has 1 heterocycles. The summed E-state index contributed by atoms with van der Waals surface area (Å²) in [5, 5.41) is 12.1. The van der Waals surface area contributed by atoms with Crippen molar-refractivity contribution in [1.82, 2.24) is 10.2 Å². The van der Waals surface area contributed by atoms with Crippen LogP contribution < -0.4 is 5.32 Å². The molecule has 0 spiro atoms. The highest BCUT2D eigenvalue weighted by Gasteiger charge is 2.39. The van der Waals surface area contributed by atoms with Crippen LogP contribution in [-0.4, -0.2) is 41.1 Å². The maximum atomic E-state index is 11.9. The number of hydrogen-bond donors (Lipinski definition) is 2. The highest BCUT2D eigenvalue weighted by atomic mass is 16.4. The molecule has 1 unspecified atom stereocenters. The van der Waals surface area contributed by atoms with Gasteiger partial charge in [0, 0.05) is 19.1 Å². The summed E-state index contributed by atoms with van der Waals surface area (Å²) in [5.41, 5.74) is -0.781. The van der Waals surface area contributed by atoms with Crippen molar-refractivity contribution in [2.24, 2.45) is 11.3 Å². The molecule has 2 amide bonds. The van der Waals surface area contributed by atoms with Crippen LogP contribution in [0.3, 0.4) is 0 Å². The van der Waals surface area contributed by atoms with Crippen molar-refractivity contribution < 1.29 is 14.7 Å². The maximum Gasteiger partial charge on any atom is 0.317 e. The Balaban J connectivity index is 2.67. The van der Waals surface area contributed by atoms with E-state index in [4.69, 9.17) is 0 Å². The second-order valence-electron chi connectivity index (χ2n) is 5.92. The summed E-state index contributed by atoms with van der Waals surface area (Å²) in [6, 6.07) is 0.0150. The lowest BCUT2D eigenvalue weighted by Gasteiger charge is -2.39. The molecule has 0 saturated carbocycles. The Bertz CT molecular complexity index is 326. The first-order valence-corrected chi connectivity index (χ1v) is 6.54. The number of nitrogens with zero attached hydrogens (tertiary/aromatic N) is 1. The summed E-state index contributed by atoms with van der Waals surface area (Å²) in [7, 11) is 0. The molecule has 0 aromatic heterocycles. The molecule has 0 aliphatic carbocycles. The number of nitrogens with one attached hydrogen (secondary N) is 1. The first-order chi connectivity index (χ1) is 8.25. The van der Waals surface area contributed by atoms with E-state index >= 15 is 0 Å². The Morgan fingerprint density at radius 1 is 1.39 bits per heavy atom. The number of rotatable bonds is 3. The van der Waals surface area contributed by atoms with Crippen molar-refractivity contribution in [3.63, 3.8) is 0 Å². The molecule has 0 radical (unpaired) electrons. The minimum atomic E-state index is -0.793. The number of carbonyl (C=O) groups is 2. The van der Waals surface area contributed by atoms with Crippen LogP contribution in [-0.2, 0) is 4.79 Å². The fourth-order valence-electron chi connectivity index (χ4n) is 2.26. The Hall–Kier alpha value is -1.26. The van der Waals surface area contributed by atoms with Gasteiger partial charge in [0.1, 0.15) is 0 Å². The van der Waals surface area contributed by atoms with Crippen LogP contribution >= 0.6 is 0 Å². The van der Waals surface area contributed by atoms with Gasteiger partial charge in [-0.2, -0.15) is 0 Å². The van der Waals surface area contributed by atoms with E-state index in [2.05, 4.69) is 5.32 Å². The molecule has 2 N–H and O–H groups in total. The number of carboxylic acids is 1. The summed E-state index contributed by atoms with van der Waals surface area (Å²) in [4.78, 5) is 24.9. The molecule has 0 bridgehead atoms. The van der Waals surface area contributed by atoms with Gasteiger partial charge in [-0.05, 0) is 46.5 Å². The number of likely N-dealkylation sites (tertiary alicyclic amines) is 1. The Labute approximate surface area is 109 Å². The fourth-order valence-corrected chi connectivity index (χ4v) is 2.26. The van der Waals surface area contributed by atoms with E-state index in [1.54, 1.807) is 18.7 Å². The average molecular weight is 256 g/mol. The molecule has 18 heavy (non-hydrogen) atoms. The fraction of sp³-hybridized carbons (Fsp3) is 0.846. The minimum absolute atomic E-state index is 0.0154. The quantitative estimate of drug-likeness (QED) is 0.810. The van der Waals surface area contributed by atoms with Crippen LogP contribution in [0.1, 0.15) is 40.5 Å². The molecule has 1 atom stereocenters. The second kappa shape index (κ2) is 5.59. The van der Waals surface area contributed by atoms with Gasteiger partial charge in [0.2, 0.25) is 0 Å². The summed E-state index contributed by atoms with van der Waals surface area (Å²) >= 11 is 0. The van der Waals surface area contributed by atoms with Crippen molar-refractivity contribution in [3.05, 3.63) is 0 Å². The average Bonchev–Trinajstić information content (AvgIpc) is 2.28. The van der Waals surface area contributed by atoms with Crippen molar-refractivity contribution in [1.29, 1.82) is 0 Å². The van der Waals surface area contributed by atoms with Crippen molar-refractivity contribution in [2.45, 2.75) is 46.6 Å². The van der Waals surface area contributed by atoms with Crippen molar-refractivity contribution in [2.75, 3.05) is 13.1 Å². The first kappa shape index (κ1) is 14.8. The molecular formula is C13H24N2O3. The van der Waals surface area contributed by atoms with Crippen LogP contribution in [0.25, 0.3) is 0 Å². The zero-order chi connectivity index (χ0) is 13.9. The smallest absolute Gasteiger partial charge is 0.317 e. The van der Waals surface area contributed by atoms with Gasteiger partial charge in [0.15, 0.2) is 0 Å². The largest absolute Gasteiger partial charge is 0.481 e. The zero-order valence-electron chi connectivity index (χ0n) is 11.7. The molecule has 1 rings (SSSR count). The van der Waals surface area contributed by atoms with Gasteiger partial charge in [0.05, 0.1) is 5.41 Å². The number of amides is 2. The standard InChI is InChI=1S/C13H24N2O3/c1-9(2)14-12(18)15-7-5-6-10(8-15)13(3,4)11(16)17/h9-10H,5-8H2,1-4H3,(H,14,18)(H,16,17). The minimum Gasteiger partial charge on any atom is -0.481 e. The lowest BCUT2D eigenvalue weighted by molar-refractivity contribution is -0.151. The second-order valence-corrected chi connectivity index (χ2v) is 5.92. The van der Waals surface area contributed by atoms with E-state index in [0.29, 0.717) is 13.1 Å². The van der Waals surface area contributed by atoms with Gasteiger partial charge in [-0.15, -0.1) is 0 Å². The zero-order valence-corrected chi connectivity index (χ0v) is 11.7. The third kappa shape index (κ3) is 3.37. The number of aliphatic carboxylic acids is 1. The van der Waals surface area contributed by atoms with E-state index in [1.165, 1.54) is 0 Å². The van der Waals surface area contributed by atoms with Crippen LogP contribution in [0.5, 0.6) is 0 Å². The van der Waals surface area contributed by atoms with Crippen LogP contribution in [0.15, 0.2) is 0 Å². The van der Waals surface area contributed by atoms with Gasteiger partial charge in [-0.1, -0.05) is 0 Å². The summed E-state index contributed by atoms with van der Waals surface area (Å²) in [5.74, 6) is -0.778. The van der Waals surface area contributed by atoms with E-state index in [1.807, 2.05) is 13.8 Å². The number of carbonyl (C=O) groups excluding carboxylic acids is 1. The highest BCUT2D eigenvalue weighted by molar-refractivity contribution is 5.76. The predicted molar refractivity (Wildman–Crippen MR) is 69.4 cm³/mol. The third-order valence-electron chi connectivity index (χ3n) is 3.69. The molecule has 104 valence electrons. The first-order valence-electron chi connectivity index (χ1n) is 6.54. The number of piperidine rings is 1. The van der Waals surface area contributed by atoms with Gasteiger partial charge in [-0.25, -0.2) is 4.79 Å². The molecule has 1 aliphatic rings. The van der Waals surface area contributed by atoms with E-state index in [0.717, 1.165) is 12.8 Å². The normalized spacial score (nSPS) is 20.9. The number of carboxylic acid groups (broad SMARTS) is 1. The molecular weight excluding hydrogens is 232 g/mol. The molecule has 5 nitrogen and oxygen atoms in total. The SMILES string of the molecule is CC(C)NC(=O)N1CCCC(C(C)(C)C(=O)O)C1. The Morgan fingerprint density at radius 2 is 2.00 bits per heavy atom. The topological polar surface area (TPSA) is 69.6 Å². The van der Waals surface area contributed by atoms with Crippen LogP contribution in [0.4, 0.5) is 4.79 Å². The monoisotopic (exact) mass is 256 g/mol. The molecule has 0 aromatic rings. The maximum absolute atomic E-state index is 11.9. The van der Waals surface area contributed by atoms with E-state index in [-0.39, 0.29) is 18.0 Å². The molecule has 0 aromatic carbocycles. The molecule has 1 aliphatic heterocycles. The lowest BCUT2D eigenvalue weighted by atomic mass is 9.74. The van der Waals surface area contributed by atoms with Gasteiger partial charge < -0.3 is 15.3 Å². The summed E-state index contributed by atoms with van der Waals surface area (Å²) < 4.78 is 0. The predicted octanol–water partition coefficient (Wildman–Crippen LogP) is 1.93. The van der Waals surface area contributed by atoms with Crippen molar-refractivity contribution in [3.8, 4) is 0 Å². The summed E-state index contributed by atoms with van der Waals surface area (Å²) in [6.45, 7) is 8.55. The van der Waals surface area contributed by atoms with Crippen molar-refractivity contribution >= 4 is 12.0 Å². The number of hydrogen-bond acceptors (Lipinski definition) is 2.